The highest BCUT2D eigenvalue weighted by Gasteiger charge is 2.27. The fourth-order valence-electron chi connectivity index (χ4n) is 3.00. The topological polar surface area (TPSA) is 50.8 Å². The monoisotopic (exact) mass is 301 g/mol. The Kier molecular flexibility index (Phi) is 6.05. The van der Waals surface area contributed by atoms with Crippen LogP contribution >= 0.6 is 11.6 Å². The van der Waals surface area contributed by atoms with Crippen molar-refractivity contribution in [3.8, 4) is 12.1 Å². The van der Waals surface area contributed by atoms with E-state index in [-0.39, 0.29) is 5.92 Å². The first-order chi connectivity index (χ1) is 10.2. The van der Waals surface area contributed by atoms with Gasteiger partial charge in [0.25, 0.3) is 0 Å². The standard InChI is InChI=1S/C17H20ClN3/c18-17-8-2-1-6-15(17)11-16-7-4-10-21(16)13-14(12-20)5-3-9-19/h1-2,6,8,14,16H,3-5,7,10-11,13H2/t14-,16-/m0/s1. The quantitative estimate of drug-likeness (QED) is 0.803. The van der Waals surface area contributed by atoms with E-state index in [1.807, 2.05) is 18.2 Å². The summed E-state index contributed by atoms with van der Waals surface area (Å²) in [4.78, 5) is 2.40. The van der Waals surface area contributed by atoms with Gasteiger partial charge in [-0.25, -0.2) is 0 Å². The highest BCUT2D eigenvalue weighted by Crippen LogP contribution is 2.26. The van der Waals surface area contributed by atoms with Crippen molar-refractivity contribution in [2.75, 3.05) is 13.1 Å². The summed E-state index contributed by atoms with van der Waals surface area (Å²) in [6.07, 6.45) is 4.40. The van der Waals surface area contributed by atoms with E-state index in [1.54, 1.807) is 0 Å². The van der Waals surface area contributed by atoms with Crippen LogP contribution in [0.1, 0.15) is 31.2 Å². The highest BCUT2D eigenvalue weighted by atomic mass is 35.5. The van der Waals surface area contributed by atoms with Crippen LogP contribution in [0, 0.1) is 28.6 Å². The van der Waals surface area contributed by atoms with Gasteiger partial charge in [-0.2, -0.15) is 10.5 Å². The lowest BCUT2D eigenvalue weighted by Crippen LogP contribution is -2.35. The molecule has 0 saturated carbocycles. The Morgan fingerprint density at radius 3 is 2.86 bits per heavy atom. The average molecular weight is 302 g/mol. The Hall–Kier alpha value is -1.55. The molecule has 0 spiro atoms. The van der Waals surface area contributed by atoms with E-state index < -0.39 is 0 Å². The van der Waals surface area contributed by atoms with Crippen molar-refractivity contribution >= 4 is 11.6 Å². The maximum absolute atomic E-state index is 9.23. The first-order valence-electron chi connectivity index (χ1n) is 7.48. The third-order valence-corrected chi connectivity index (χ3v) is 4.52. The summed E-state index contributed by atoms with van der Waals surface area (Å²) in [7, 11) is 0. The molecule has 0 unspecified atom stereocenters. The van der Waals surface area contributed by atoms with Gasteiger partial charge in [-0.1, -0.05) is 29.8 Å². The molecule has 1 heterocycles. The zero-order chi connectivity index (χ0) is 15.1. The van der Waals surface area contributed by atoms with Gasteiger partial charge in [0.2, 0.25) is 0 Å². The lowest BCUT2D eigenvalue weighted by Gasteiger charge is -2.26. The molecule has 1 aliphatic rings. The van der Waals surface area contributed by atoms with Gasteiger partial charge >= 0.3 is 0 Å². The van der Waals surface area contributed by atoms with Crippen molar-refractivity contribution in [1.82, 2.24) is 4.90 Å². The van der Waals surface area contributed by atoms with Crippen LogP contribution in [0.25, 0.3) is 0 Å². The molecule has 0 radical (unpaired) electrons. The number of nitrogens with zero attached hydrogens (tertiary/aromatic N) is 3. The predicted molar refractivity (Wildman–Crippen MR) is 83.7 cm³/mol. The molecule has 2 rings (SSSR count). The normalized spacial score (nSPS) is 19.9. The minimum absolute atomic E-state index is 0.0449. The SMILES string of the molecule is N#CCC[C@@H](C#N)CN1CCC[C@H]1Cc1ccccc1Cl. The molecule has 1 fully saturated rings. The van der Waals surface area contributed by atoms with E-state index in [0.717, 1.165) is 31.0 Å². The summed E-state index contributed by atoms with van der Waals surface area (Å²) in [6, 6.07) is 12.9. The first-order valence-corrected chi connectivity index (χ1v) is 7.86. The van der Waals surface area contributed by atoms with E-state index in [4.69, 9.17) is 16.9 Å². The van der Waals surface area contributed by atoms with Crippen LogP contribution in [-0.2, 0) is 6.42 Å². The predicted octanol–water partition coefficient (Wildman–Crippen LogP) is 3.79. The number of halogens is 1. The van der Waals surface area contributed by atoms with Gasteiger partial charge < -0.3 is 0 Å². The molecule has 3 nitrogen and oxygen atoms in total. The molecule has 110 valence electrons. The molecule has 2 atom stereocenters. The summed E-state index contributed by atoms with van der Waals surface area (Å²) >= 11 is 6.25. The maximum atomic E-state index is 9.23. The van der Waals surface area contributed by atoms with Crippen LogP contribution in [0.2, 0.25) is 5.02 Å². The molecular formula is C17H20ClN3. The zero-order valence-electron chi connectivity index (χ0n) is 12.1. The highest BCUT2D eigenvalue weighted by molar-refractivity contribution is 6.31. The van der Waals surface area contributed by atoms with Gasteiger partial charge in [0.05, 0.1) is 18.1 Å². The largest absolute Gasteiger partial charge is 0.299 e. The van der Waals surface area contributed by atoms with Crippen LogP contribution < -0.4 is 0 Å². The van der Waals surface area contributed by atoms with Crippen LogP contribution in [0.3, 0.4) is 0 Å². The van der Waals surface area contributed by atoms with Gasteiger partial charge in [0.15, 0.2) is 0 Å². The number of hydrogen-bond acceptors (Lipinski definition) is 3. The summed E-state index contributed by atoms with van der Waals surface area (Å²) in [5, 5.41) is 18.7. The van der Waals surface area contributed by atoms with Crippen molar-refractivity contribution in [2.45, 2.75) is 38.1 Å². The second-order valence-corrected chi connectivity index (χ2v) is 6.02. The van der Waals surface area contributed by atoms with Crippen molar-refractivity contribution in [1.29, 1.82) is 10.5 Å². The second-order valence-electron chi connectivity index (χ2n) is 5.61. The van der Waals surface area contributed by atoms with E-state index in [1.165, 1.54) is 12.0 Å². The van der Waals surface area contributed by atoms with E-state index in [2.05, 4.69) is 23.1 Å². The van der Waals surface area contributed by atoms with Crippen molar-refractivity contribution in [3.05, 3.63) is 34.9 Å². The van der Waals surface area contributed by atoms with Crippen molar-refractivity contribution in [2.24, 2.45) is 5.92 Å². The Morgan fingerprint density at radius 2 is 2.14 bits per heavy atom. The third kappa shape index (κ3) is 4.46. The van der Waals surface area contributed by atoms with Crippen LogP contribution in [0.5, 0.6) is 0 Å². The Labute approximate surface area is 131 Å². The number of benzene rings is 1. The number of hydrogen-bond donors (Lipinski definition) is 0. The molecule has 0 N–H and O–H groups in total. The first kappa shape index (κ1) is 15.8. The molecule has 1 saturated heterocycles. The summed E-state index contributed by atoms with van der Waals surface area (Å²) in [5.41, 5.74) is 1.18. The molecule has 0 bridgehead atoms. The summed E-state index contributed by atoms with van der Waals surface area (Å²) in [6.45, 7) is 1.81. The number of rotatable bonds is 6. The lowest BCUT2D eigenvalue weighted by molar-refractivity contribution is 0.227. The average Bonchev–Trinajstić information content (AvgIpc) is 2.93. The van der Waals surface area contributed by atoms with Gasteiger partial charge in [0, 0.05) is 24.0 Å². The fourth-order valence-corrected chi connectivity index (χ4v) is 3.22. The lowest BCUT2D eigenvalue weighted by atomic mass is 10.0. The molecule has 0 aromatic heterocycles. The second kappa shape index (κ2) is 8.03. The smallest absolute Gasteiger partial charge is 0.0669 e. The van der Waals surface area contributed by atoms with Gasteiger partial charge in [-0.15, -0.1) is 0 Å². The van der Waals surface area contributed by atoms with Crippen LogP contribution in [0.15, 0.2) is 24.3 Å². The Bertz CT molecular complexity index is 544. The number of likely N-dealkylation sites (tertiary alicyclic amines) is 1. The van der Waals surface area contributed by atoms with E-state index >= 15 is 0 Å². The fraction of sp³-hybridized carbons (Fsp3) is 0.529. The molecular weight excluding hydrogens is 282 g/mol. The third-order valence-electron chi connectivity index (χ3n) is 4.15. The maximum Gasteiger partial charge on any atom is 0.0669 e. The molecule has 4 heteroatoms. The molecule has 1 aromatic rings. The molecule has 0 amide bonds. The molecule has 0 aliphatic carbocycles. The summed E-state index contributed by atoms with van der Waals surface area (Å²) in [5.74, 6) is -0.0449. The molecule has 1 aliphatic heterocycles. The zero-order valence-corrected chi connectivity index (χ0v) is 12.9. The minimum Gasteiger partial charge on any atom is -0.299 e. The van der Waals surface area contributed by atoms with Crippen LogP contribution in [-0.4, -0.2) is 24.0 Å². The minimum atomic E-state index is -0.0449. The van der Waals surface area contributed by atoms with Gasteiger partial charge in [-0.3, -0.25) is 4.90 Å². The van der Waals surface area contributed by atoms with E-state index in [0.29, 0.717) is 18.9 Å². The molecule has 21 heavy (non-hydrogen) atoms. The Balaban J connectivity index is 1.96. The summed E-state index contributed by atoms with van der Waals surface area (Å²) < 4.78 is 0. The van der Waals surface area contributed by atoms with Crippen molar-refractivity contribution < 1.29 is 0 Å². The van der Waals surface area contributed by atoms with Gasteiger partial charge in [0.1, 0.15) is 0 Å². The van der Waals surface area contributed by atoms with Crippen molar-refractivity contribution in [3.63, 3.8) is 0 Å². The van der Waals surface area contributed by atoms with E-state index in [9.17, 15) is 5.26 Å². The van der Waals surface area contributed by atoms with Crippen LogP contribution in [0.4, 0.5) is 0 Å². The molecule has 1 aromatic carbocycles. The van der Waals surface area contributed by atoms with Gasteiger partial charge in [-0.05, 0) is 43.9 Å². The number of nitriles is 2. The Morgan fingerprint density at radius 1 is 1.33 bits per heavy atom.